The van der Waals surface area contributed by atoms with Crippen molar-refractivity contribution < 1.29 is 4.79 Å². The molecule has 0 aliphatic carbocycles. The van der Waals surface area contributed by atoms with Gasteiger partial charge in [-0.1, -0.05) is 18.2 Å². The topological polar surface area (TPSA) is 66.0 Å². The Bertz CT molecular complexity index is 993. The van der Waals surface area contributed by atoms with Crippen LogP contribution in [0.2, 0.25) is 0 Å². The van der Waals surface area contributed by atoms with Crippen molar-refractivity contribution in [2.24, 2.45) is 0 Å². The average molecular weight is 363 g/mol. The van der Waals surface area contributed by atoms with Crippen LogP contribution in [0.25, 0.3) is 10.9 Å². The lowest BCUT2D eigenvalue weighted by atomic mass is 9.79. The van der Waals surface area contributed by atoms with Crippen molar-refractivity contribution in [1.29, 1.82) is 0 Å². The Morgan fingerprint density at radius 1 is 1.22 bits per heavy atom. The first kappa shape index (κ1) is 16.6. The number of fused-ring (bicyclic) bond motifs is 4. The van der Waals surface area contributed by atoms with Gasteiger partial charge in [0.25, 0.3) is 5.91 Å². The van der Waals surface area contributed by atoms with Gasteiger partial charge >= 0.3 is 0 Å². The Labute approximate surface area is 158 Å². The summed E-state index contributed by atoms with van der Waals surface area (Å²) >= 11 is 0. The van der Waals surface area contributed by atoms with Crippen molar-refractivity contribution in [2.75, 3.05) is 19.6 Å². The van der Waals surface area contributed by atoms with Gasteiger partial charge < -0.3 is 15.2 Å². The minimum Gasteiger partial charge on any atom is -0.357 e. The lowest BCUT2D eigenvalue weighted by molar-refractivity contribution is 0.0620. The van der Waals surface area contributed by atoms with Crippen LogP contribution in [0.15, 0.2) is 36.5 Å². The second-order valence-corrected chi connectivity index (χ2v) is 7.63. The van der Waals surface area contributed by atoms with Crippen LogP contribution < -0.4 is 5.32 Å². The summed E-state index contributed by atoms with van der Waals surface area (Å²) in [6, 6.07) is 10.4. The fraction of sp³-hybridized carbons (Fsp3) is 0.429. The molecule has 2 N–H and O–H groups in total. The fourth-order valence-corrected chi connectivity index (χ4v) is 4.72. The normalized spacial score (nSPS) is 18.8. The van der Waals surface area contributed by atoms with Crippen LogP contribution in [0, 0.1) is 0 Å². The van der Waals surface area contributed by atoms with E-state index in [1.807, 2.05) is 24.1 Å². The minimum absolute atomic E-state index is 0.0460. The molecule has 0 unspecified atom stereocenters. The zero-order valence-corrected chi connectivity index (χ0v) is 15.7. The average Bonchev–Trinajstić information content (AvgIpc) is 3.34. The number of aryl methyl sites for hydroxylation is 1. The molecule has 2 aliphatic rings. The lowest BCUT2D eigenvalue weighted by Crippen LogP contribution is -2.55. The third-order valence-electron chi connectivity index (χ3n) is 6.22. The number of carbonyl (C=O) groups is 1. The zero-order chi connectivity index (χ0) is 18.4. The van der Waals surface area contributed by atoms with E-state index in [4.69, 9.17) is 0 Å². The van der Waals surface area contributed by atoms with Crippen molar-refractivity contribution in [3.63, 3.8) is 0 Å². The van der Waals surface area contributed by atoms with E-state index in [1.54, 1.807) is 4.68 Å². The van der Waals surface area contributed by atoms with Gasteiger partial charge in [0.15, 0.2) is 0 Å². The molecule has 1 amide bonds. The molecule has 5 rings (SSSR count). The second kappa shape index (κ2) is 6.23. The Balaban J connectivity index is 1.39. The number of carbonyl (C=O) groups excluding carboxylic acids is 1. The van der Waals surface area contributed by atoms with Crippen LogP contribution in [0.3, 0.4) is 0 Å². The van der Waals surface area contributed by atoms with Gasteiger partial charge in [-0.05, 0) is 43.9 Å². The van der Waals surface area contributed by atoms with Gasteiger partial charge in [-0.3, -0.25) is 9.48 Å². The first-order chi connectivity index (χ1) is 13.2. The summed E-state index contributed by atoms with van der Waals surface area (Å²) in [4.78, 5) is 18.4. The van der Waals surface area contributed by atoms with E-state index in [9.17, 15) is 4.79 Å². The number of hydrogen-bond donors (Lipinski definition) is 2. The summed E-state index contributed by atoms with van der Waals surface area (Å²) in [6.45, 7) is 5.30. The summed E-state index contributed by atoms with van der Waals surface area (Å²) in [5, 5.41) is 9.50. The van der Waals surface area contributed by atoms with E-state index in [1.165, 1.54) is 22.2 Å². The van der Waals surface area contributed by atoms with Gasteiger partial charge in [0.05, 0.1) is 5.54 Å². The Hall–Kier alpha value is -2.60. The lowest BCUT2D eigenvalue weighted by Gasteiger charge is -2.44. The number of nitrogens with zero attached hydrogens (tertiary/aromatic N) is 3. The molecule has 27 heavy (non-hydrogen) atoms. The molecule has 3 aromatic rings. The molecule has 2 aromatic heterocycles. The smallest absolute Gasteiger partial charge is 0.274 e. The number of amides is 1. The standard InChI is InChI=1S/C21H25N5O/c1-2-26-12-8-18(24-26)20(27)25-13-9-21(10-14-25)19-16(7-11-22-21)15-5-3-4-6-17(15)23-19/h3-6,8,12,22-23H,2,7,9-11,13-14H2,1H3. The predicted octanol–water partition coefficient (Wildman–Crippen LogP) is 2.66. The first-order valence-electron chi connectivity index (χ1n) is 9.88. The zero-order valence-electron chi connectivity index (χ0n) is 15.7. The van der Waals surface area contributed by atoms with Crippen LogP contribution in [0.4, 0.5) is 0 Å². The highest BCUT2D eigenvalue weighted by Gasteiger charge is 2.42. The van der Waals surface area contributed by atoms with Crippen molar-refractivity contribution in [3.8, 4) is 0 Å². The first-order valence-corrected chi connectivity index (χ1v) is 9.88. The molecule has 1 fully saturated rings. The maximum Gasteiger partial charge on any atom is 0.274 e. The maximum atomic E-state index is 12.8. The minimum atomic E-state index is -0.0494. The molecular formula is C21H25N5O. The van der Waals surface area contributed by atoms with E-state index in [2.05, 4.69) is 39.7 Å². The molecular weight excluding hydrogens is 338 g/mol. The number of benzene rings is 1. The number of likely N-dealkylation sites (tertiary alicyclic amines) is 1. The SMILES string of the molecule is CCn1ccc(C(=O)N2CCC3(CC2)NCCc2c3[nH]c3ccccc23)n1. The van der Waals surface area contributed by atoms with E-state index in [0.29, 0.717) is 5.69 Å². The van der Waals surface area contributed by atoms with Crippen LogP contribution in [-0.2, 0) is 18.5 Å². The summed E-state index contributed by atoms with van der Waals surface area (Å²) in [7, 11) is 0. The predicted molar refractivity (Wildman–Crippen MR) is 105 cm³/mol. The molecule has 0 atom stereocenters. The van der Waals surface area contributed by atoms with Crippen molar-refractivity contribution in [3.05, 3.63) is 53.5 Å². The number of aromatic nitrogens is 3. The molecule has 6 nitrogen and oxygen atoms in total. The Morgan fingerprint density at radius 3 is 2.81 bits per heavy atom. The van der Waals surface area contributed by atoms with Gasteiger partial charge in [-0.2, -0.15) is 5.10 Å². The van der Waals surface area contributed by atoms with Crippen LogP contribution in [0.5, 0.6) is 0 Å². The number of aromatic amines is 1. The number of rotatable bonds is 2. The summed E-state index contributed by atoms with van der Waals surface area (Å²) in [5.74, 6) is 0.0460. The van der Waals surface area contributed by atoms with Gasteiger partial charge in [0.1, 0.15) is 5.69 Å². The molecule has 1 saturated heterocycles. The fourth-order valence-electron chi connectivity index (χ4n) is 4.72. The van der Waals surface area contributed by atoms with E-state index in [-0.39, 0.29) is 11.4 Å². The number of para-hydroxylation sites is 1. The van der Waals surface area contributed by atoms with Crippen LogP contribution >= 0.6 is 0 Å². The third-order valence-corrected chi connectivity index (χ3v) is 6.22. The van der Waals surface area contributed by atoms with Crippen LogP contribution in [0.1, 0.15) is 41.5 Å². The molecule has 140 valence electrons. The molecule has 0 radical (unpaired) electrons. The highest BCUT2D eigenvalue weighted by molar-refractivity contribution is 5.92. The largest absolute Gasteiger partial charge is 0.357 e. The van der Waals surface area contributed by atoms with Gasteiger partial charge in [0.2, 0.25) is 0 Å². The third kappa shape index (κ3) is 2.58. The van der Waals surface area contributed by atoms with Crippen molar-refractivity contribution in [2.45, 2.75) is 38.3 Å². The second-order valence-electron chi connectivity index (χ2n) is 7.63. The molecule has 0 bridgehead atoms. The van der Waals surface area contributed by atoms with E-state index in [0.717, 1.165) is 45.4 Å². The molecule has 2 aliphatic heterocycles. The van der Waals surface area contributed by atoms with Gasteiger partial charge in [0, 0.05) is 49.0 Å². The van der Waals surface area contributed by atoms with Gasteiger partial charge in [-0.15, -0.1) is 0 Å². The highest BCUT2D eigenvalue weighted by Crippen LogP contribution is 2.40. The molecule has 1 spiro atoms. The number of piperidine rings is 1. The van der Waals surface area contributed by atoms with E-state index < -0.39 is 0 Å². The molecule has 0 saturated carbocycles. The monoisotopic (exact) mass is 363 g/mol. The molecule has 4 heterocycles. The Kier molecular flexibility index (Phi) is 3.82. The van der Waals surface area contributed by atoms with Crippen molar-refractivity contribution >= 4 is 16.8 Å². The summed E-state index contributed by atoms with van der Waals surface area (Å²) in [5.41, 5.74) is 4.50. The number of nitrogens with one attached hydrogen (secondary N) is 2. The quantitative estimate of drug-likeness (QED) is 0.736. The molecule has 6 heteroatoms. The summed E-state index contributed by atoms with van der Waals surface area (Å²) in [6.07, 6.45) is 4.77. The summed E-state index contributed by atoms with van der Waals surface area (Å²) < 4.78 is 1.80. The Morgan fingerprint density at radius 2 is 2.04 bits per heavy atom. The van der Waals surface area contributed by atoms with Crippen molar-refractivity contribution in [1.82, 2.24) is 25.0 Å². The number of hydrogen-bond acceptors (Lipinski definition) is 3. The molecule has 1 aromatic carbocycles. The maximum absolute atomic E-state index is 12.8. The van der Waals surface area contributed by atoms with Crippen LogP contribution in [-0.4, -0.2) is 45.2 Å². The van der Waals surface area contributed by atoms with Gasteiger partial charge in [-0.25, -0.2) is 0 Å². The number of H-pyrrole nitrogens is 1. The highest BCUT2D eigenvalue weighted by atomic mass is 16.2. The van der Waals surface area contributed by atoms with E-state index >= 15 is 0 Å².